The molecule has 0 heterocycles. The molecule has 8 heteroatoms. The first kappa shape index (κ1) is 19.3. The Morgan fingerprint density at radius 2 is 1.04 bits per heavy atom. The number of carbonyl (C=O) groups is 2. The van der Waals surface area contributed by atoms with E-state index >= 15 is 0 Å². The van der Waals surface area contributed by atoms with Gasteiger partial charge in [-0.1, -0.05) is 42.5 Å². The highest BCUT2D eigenvalue weighted by molar-refractivity contribution is 7.86. The molecular formula is C20H14O7S. The normalized spacial score (nSPS) is 10.9. The summed E-state index contributed by atoms with van der Waals surface area (Å²) in [5.41, 5.74) is -0.984. The first-order valence-corrected chi connectivity index (χ1v) is 9.45. The SMILES string of the molecule is O=C(Oc1ccccc1)c1cccc(C(=O)Oc2ccccc2)c1S(=O)(=O)O. The second kappa shape index (κ2) is 8.03. The van der Waals surface area contributed by atoms with Gasteiger partial charge >= 0.3 is 11.9 Å². The largest absolute Gasteiger partial charge is 0.423 e. The summed E-state index contributed by atoms with van der Waals surface area (Å²) < 4.78 is 43.7. The highest BCUT2D eigenvalue weighted by Gasteiger charge is 2.29. The van der Waals surface area contributed by atoms with Crippen LogP contribution in [0.5, 0.6) is 11.5 Å². The summed E-state index contributed by atoms with van der Waals surface area (Å²) in [6.07, 6.45) is 0. The van der Waals surface area contributed by atoms with Crippen molar-refractivity contribution >= 4 is 22.1 Å². The van der Waals surface area contributed by atoms with Gasteiger partial charge in [0, 0.05) is 0 Å². The highest BCUT2D eigenvalue weighted by Crippen LogP contribution is 2.24. The summed E-state index contributed by atoms with van der Waals surface area (Å²) >= 11 is 0. The Labute approximate surface area is 160 Å². The lowest BCUT2D eigenvalue weighted by Crippen LogP contribution is -2.20. The van der Waals surface area contributed by atoms with Crippen LogP contribution in [-0.4, -0.2) is 24.9 Å². The minimum atomic E-state index is -4.94. The van der Waals surface area contributed by atoms with Crippen LogP contribution >= 0.6 is 0 Å². The van der Waals surface area contributed by atoms with Crippen LogP contribution in [0.25, 0.3) is 0 Å². The van der Waals surface area contributed by atoms with Crippen LogP contribution in [0.2, 0.25) is 0 Å². The van der Waals surface area contributed by atoms with Gasteiger partial charge in [-0.15, -0.1) is 0 Å². The maximum Gasteiger partial charge on any atom is 0.344 e. The molecule has 142 valence electrons. The molecule has 0 atom stereocenters. The fourth-order valence-corrected chi connectivity index (χ4v) is 3.30. The summed E-state index contributed by atoms with van der Waals surface area (Å²) in [4.78, 5) is 24.1. The number of carbonyl (C=O) groups excluding carboxylic acids is 2. The number of hydrogen-bond donors (Lipinski definition) is 1. The molecule has 0 aliphatic rings. The first-order valence-electron chi connectivity index (χ1n) is 8.01. The molecule has 0 radical (unpaired) electrons. The summed E-state index contributed by atoms with van der Waals surface area (Å²) in [5.74, 6) is -1.75. The molecule has 0 fully saturated rings. The second-order valence-corrected chi connectivity index (χ2v) is 6.92. The predicted molar refractivity (Wildman–Crippen MR) is 99.1 cm³/mol. The summed E-state index contributed by atoms with van der Waals surface area (Å²) in [6.45, 7) is 0. The van der Waals surface area contributed by atoms with Crippen LogP contribution in [-0.2, 0) is 10.1 Å². The van der Waals surface area contributed by atoms with Crippen molar-refractivity contribution in [3.8, 4) is 11.5 Å². The molecule has 7 nitrogen and oxygen atoms in total. The van der Waals surface area contributed by atoms with Gasteiger partial charge in [0.25, 0.3) is 10.1 Å². The van der Waals surface area contributed by atoms with Crippen molar-refractivity contribution in [1.29, 1.82) is 0 Å². The molecule has 0 bridgehead atoms. The molecule has 28 heavy (non-hydrogen) atoms. The average Bonchev–Trinajstić information content (AvgIpc) is 2.68. The van der Waals surface area contributed by atoms with Crippen molar-refractivity contribution in [2.45, 2.75) is 4.90 Å². The zero-order valence-corrected chi connectivity index (χ0v) is 15.1. The van der Waals surface area contributed by atoms with Gasteiger partial charge in [-0.05, 0) is 36.4 Å². The van der Waals surface area contributed by atoms with Gasteiger partial charge in [0.1, 0.15) is 16.4 Å². The summed E-state index contributed by atoms with van der Waals surface area (Å²) in [5, 5.41) is 0. The van der Waals surface area contributed by atoms with Gasteiger partial charge < -0.3 is 9.47 Å². The zero-order chi connectivity index (χ0) is 20.1. The molecule has 0 unspecified atom stereocenters. The molecule has 0 aliphatic heterocycles. The van der Waals surface area contributed by atoms with E-state index in [0.717, 1.165) is 12.1 Å². The lowest BCUT2D eigenvalue weighted by atomic mass is 10.1. The lowest BCUT2D eigenvalue weighted by molar-refractivity contribution is 0.0726. The topological polar surface area (TPSA) is 107 Å². The smallest absolute Gasteiger partial charge is 0.344 e. The van der Waals surface area contributed by atoms with Crippen LogP contribution in [0.4, 0.5) is 0 Å². The average molecular weight is 398 g/mol. The Kier molecular flexibility index (Phi) is 5.53. The Bertz CT molecular complexity index is 1040. The molecule has 0 aromatic heterocycles. The Hall–Kier alpha value is -3.49. The number of esters is 2. The maximum absolute atomic E-state index is 12.5. The van der Waals surface area contributed by atoms with E-state index in [4.69, 9.17) is 9.47 Å². The predicted octanol–water partition coefficient (Wildman–Crippen LogP) is 3.37. The van der Waals surface area contributed by atoms with E-state index in [1.54, 1.807) is 36.4 Å². The lowest BCUT2D eigenvalue weighted by Gasteiger charge is -2.12. The van der Waals surface area contributed by atoms with Crippen molar-refractivity contribution in [1.82, 2.24) is 0 Å². The van der Waals surface area contributed by atoms with Crippen LogP contribution in [0.1, 0.15) is 20.7 Å². The van der Waals surface area contributed by atoms with Crippen LogP contribution < -0.4 is 9.47 Å². The Balaban J connectivity index is 2.01. The highest BCUT2D eigenvalue weighted by atomic mass is 32.2. The Morgan fingerprint density at radius 1 is 0.643 bits per heavy atom. The first-order chi connectivity index (χ1) is 13.4. The molecule has 0 amide bonds. The van der Waals surface area contributed by atoms with E-state index < -0.39 is 38.1 Å². The van der Waals surface area contributed by atoms with E-state index in [2.05, 4.69) is 0 Å². The number of ether oxygens (including phenoxy) is 2. The van der Waals surface area contributed by atoms with Gasteiger partial charge in [0.2, 0.25) is 0 Å². The molecule has 1 N–H and O–H groups in total. The van der Waals surface area contributed by atoms with Gasteiger partial charge in [0.15, 0.2) is 0 Å². The molecule has 0 saturated carbocycles. The maximum atomic E-state index is 12.5. The van der Waals surface area contributed by atoms with Gasteiger partial charge in [-0.25, -0.2) is 9.59 Å². The van der Waals surface area contributed by atoms with Crippen molar-refractivity contribution in [3.05, 3.63) is 90.0 Å². The number of para-hydroxylation sites is 2. The van der Waals surface area contributed by atoms with Crippen LogP contribution in [0.15, 0.2) is 83.8 Å². The fourth-order valence-electron chi connectivity index (χ4n) is 2.44. The third-order valence-corrected chi connectivity index (χ3v) is 4.58. The fraction of sp³-hybridized carbons (Fsp3) is 0. The number of hydrogen-bond acceptors (Lipinski definition) is 6. The third-order valence-electron chi connectivity index (χ3n) is 3.62. The van der Waals surface area contributed by atoms with Gasteiger partial charge in [0.05, 0.1) is 11.1 Å². The molecule has 0 saturated heterocycles. The van der Waals surface area contributed by atoms with E-state index in [0.29, 0.717) is 0 Å². The van der Waals surface area contributed by atoms with Gasteiger partial charge in [-0.3, -0.25) is 4.55 Å². The van der Waals surface area contributed by atoms with Crippen LogP contribution in [0.3, 0.4) is 0 Å². The molecule has 3 rings (SSSR count). The minimum Gasteiger partial charge on any atom is -0.423 e. The third kappa shape index (κ3) is 4.43. The molecule has 3 aromatic carbocycles. The minimum absolute atomic E-state index is 0.172. The van der Waals surface area contributed by atoms with Crippen molar-refractivity contribution in [3.63, 3.8) is 0 Å². The van der Waals surface area contributed by atoms with E-state index in [1.165, 1.54) is 30.3 Å². The standard InChI is InChI=1S/C20H14O7S/c21-19(26-14-8-3-1-4-9-14)16-12-7-13-17(18(16)28(23,24)25)20(22)27-15-10-5-2-6-11-15/h1-13H,(H,23,24,25). The molecule has 0 spiro atoms. The monoisotopic (exact) mass is 398 g/mol. The molecular weight excluding hydrogens is 384 g/mol. The van der Waals surface area contributed by atoms with Crippen molar-refractivity contribution < 1.29 is 32.0 Å². The Morgan fingerprint density at radius 3 is 1.39 bits per heavy atom. The zero-order valence-electron chi connectivity index (χ0n) is 14.3. The van der Waals surface area contributed by atoms with E-state index in [1.807, 2.05) is 0 Å². The van der Waals surface area contributed by atoms with Crippen molar-refractivity contribution in [2.24, 2.45) is 0 Å². The quantitative estimate of drug-likeness (QED) is 0.399. The summed E-state index contributed by atoms with van der Waals surface area (Å²) in [6, 6.07) is 19.5. The molecule has 0 aliphatic carbocycles. The second-order valence-electron chi connectivity index (χ2n) is 5.56. The van der Waals surface area contributed by atoms with Crippen LogP contribution in [0, 0.1) is 0 Å². The van der Waals surface area contributed by atoms with Gasteiger partial charge in [-0.2, -0.15) is 8.42 Å². The van der Waals surface area contributed by atoms with E-state index in [-0.39, 0.29) is 11.5 Å². The number of rotatable bonds is 5. The summed E-state index contributed by atoms with van der Waals surface area (Å²) in [7, 11) is -4.94. The van der Waals surface area contributed by atoms with E-state index in [9.17, 15) is 22.6 Å². The number of benzene rings is 3. The molecule has 3 aromatic rings. The van der Waals surface area contributed by atoms with Crippen molar-refractivity contribution in [2.75, 3.05) is 0 Å².